The zero-order valence-corrected chi connectivity index (χ0v) is 10.4. The molecule has 1 unspecified atom stereocenters. The number of nitrogens with two attached hydrogens (primary N) is 1. The molecule has 1 aliphatic rings. The maximum atomic E-state index is 6.22. The Morgan fingerprint density at radius 3 is 2.27 bits per heavy atom. The summed E-state index contributed by atoms with van der Waals surface area (Å²) in [5.41, 5.74) is 5.93. The normalized spacial score (nSPS) is 23.4. The average Bonchev–Trinajstić information content (AvgIpc) is 2.44. The van der Waals surface area contributed by atoms with Crippen LogP contribution in [0.15, 0.2) is 0 Å². The maximum absolute atomic E-state index is 6.22. The van der Waals surface area contributed by atoms with E-state index >= 15 is 0 Å². The molecule has 2 nitrogen and oxygen atoms in total. The predicted molar refractivity (Wildman–Crippen MR) is 64.9 cm³/mol. The van der Waals surface area contributed by atoms with Gasteiger partial charge in [-0.1, -0.05) is 39.0 Å². The Hall–Kier alpha value is -0.0800. The Balaban J connectivity index is 2.49. The van der Waals surface area contributed by atoms with Crippen molar-refractivity contribution >= 4 is 0 Å². The second-order valence-electron chi connectivity index (χ2n) is 5.02. The van der Waals surface area contributed by atoms with Crippen molar-refractivity contribution in [3.8, 4) is 0 Å². The lowest BCUT2D eigenvalue weighted by Crippen LogP contribution is -2.42. The fourth-order valence-electron chi connectivity index (χ4n) is 2.64. The third-order valence-corrected chi connectivity index (χ3v) is 3.53. The van der Waals surface area contributed by atoms with Crippen LogP contribution in [0.4, 0.5) is 0 Å². The minimum Gasteiger partial charge on any atom is -0.371 e. The Kier molecular flexibility index (Phi) is 5.62. The first-order valence-electron chi connectivity index (χ1n) is 6.60. The standard InChI is InChI=1S/C13H27NO/c1-3-8-12(2)15-13(11-14)9-6-4-5-7-10-13/h12H,3-11,14H2,1-2H3. The van der Waals surface area contributed by atoms with Crippen LogP contribution < -0.4 is 5.73 Å². The van der Waals surface area contributed by atoms with Crippen molar-refractivity contribution in [1.29, 1.82) is 0 Å². The van der Waals surface area contributed by atoms with Crippen molar-refractivity contribution in [2.24, 2.45) is 5.73 Å². The molecule has 0 radical (unpaired) electrons. The molecule has 0 aliphatic heterocycles. The highest BCUT2D eigenvalue weighted by molar-refractivity contribution is 4.85. The number of hydrogen-bond acceptors (Lipinski definition) is 2. The molecule has 0 aromatic rings. The number of hydrogen-bond donors (Lipinski definition) is 1. The molecule has 0 amide bonds. The van der Waals surface area contributed by atoms with E-state index in [0.29, 0.717) is 12.6 Å². The summed E-state index contributed by atoms with van der Waals surface area (Å²) in [7, 11) is 0. The molecule has 0 aromatic heterocycles. The molecule has 0 spiro atoms. The second-order valence-corrected chi connectivity index (χ2v) is 5.02. The van der Waals surface area contributed by atoms with E-state index in [0.717, 1.165) is 19.3 Å². The van der Waals surface area contributed by atoms with E-state index in [4.69, 9.17) is 10.5 Å². The Morgan fingerprint density at radius 1 is 1.20 bits per heavy atom. The largest absolute Gasteiger partial charge is 0.371 e. The fourth-order valence-corrected chi connectivity index (χ4v) is 2.64. The van der Waals surface area contributed by atoms with Gasteiger partial charge in [-0.25, -0.2) is 0 Å². The van der Waals surface area contributed by atoms with Crippen molar-refractivity contribution in [3.63, 3.8) is 0 Å². The van der Waals surface area contributed by atoms with Gasteiger partial charge in [-0.15, -0.1) is 0 Å². The van der Waals surface area contributed by atoms with Crippen LogP contribution in [0, 0.1) is 0 Å². The molecule has 1 rings (SSSR count). The molecule has 1 saturated carbocycles. The zero-order valence-electron chi connectivity index (χ0n) is 10.4. The molecule has 2 N–H and O–H groups in total. The molecule has 2 heteroatoms. The molecule has 1 aliphatic carbocycles. The highest BCUT2D eigenvalue weighted by Gasteiger charge is 2.31. The molecule has 0 aromatic carbocycles. The van der Waals surface area contributed by atoms with Gasteiger partial charge in [-0.05, 0) is 26.2 Å². The molecule has 1 atom stereocenters. The Morgan fingerprint density at radius 2 is 1.80 bits per heavy atom. The highest BCUT2D eigenvalue weighted by atomic mass is 16.5. The zero-order chi connectivity index (χ0) is 11.1. The summed E-state index contributed by atoms with van der Waals surface area (Å²) < 4.78 is 6.22. The lowest BCUT2D eigenvalue weighted by Gasteiger charge is -2.34. The van der Waals surface area contributed by atoms with Gasteiger partial charge < -0.3 is 10.5 Å². The Labute approximate surface area is 94.6 Å². The first-order chi connectivity index (χ1) is 7.22. The SMILES string of the molecule is CCCC(C)OC1(CN)CCCCCC1. The van der Waals surface area contributed by atoms with E-state index in [1.807, 2.05) is 0 Å². The number of rotatable bonds is 5. The monoisotopic (exact) mass is 213 g/mol. The van der Waals surface area contributed by atoms with Crippen LogP contribution in [0.3, 0.4) is 0 Å². The molecule has 0 heterocycles. The van der Waals surface area contributed by atoms with Crippen LogP contribution in [0.2, 0.25) is 0 Å². The minimum absolute atomic E-state index is 0.00505. The number of ether oxygens (including phenoxy) is 1. The quantitative estimate of drug-likeness (QED) is 0.712. The molecular weight excluding hydrogens is 186 g/mol. The van der Waals surface area contributed by atoms with Crippen molar-refractivity contribution in [1.82, 2.24) is 0 Å². The van der Waals surface area contributed by atoms with Gasteiger partial charge in [-0.3, -0.25) is 0 Å². The van der Waals surface area contributed by atoms with Crippen LogP contribution in [0.1, 0.15) is 65.2 Å². The predicted octanol–water partition coefficient (Wildman–Crippen LogP) is 3.24. The van der Waals surface area contributed by atoms with Crippen molar-refractivity contribution < 1.29 is 4.74 Å². The van der Waals surface area contributed by atoms with Crippen LogP contribution in [0.5, 0.6) is 0 Å². The van der Waals surface area contributed by atoms with Gasteiger partial charge in [0.05, 0.1) is 11.7 Å². The first kappa shape index (κ1) is 13.0. The van der Waals surface area contributed by atoms with E-state index in [9.17, 15) is 0 Å². The highest BCUT2D eigenvalue weighted by Crippen LogP contribution is 2.31. The van der Waals surface area contributed by atoms with Crippen LogP contribution >= 0.6 is 0 Å². The minimum atomic E-state index is 0.00505. The summed E-state index contributed by atoms with van der Waals surface area (Å²) in [6, 6.07) is 0. The van der Waals surface area contributed by atoms with Crippen molar-refractivity contribution in [3.05, 3.63) is 0 Å². The Bertz CT molecular complexity index is 162. The molecule has 90 valence electrons. The summed E-state index contributed by atoms with van der Waals surface area (Å²) in [4.78, 5) is 0. The topological polar surface area (TPSA) is 35.2 Å². The van der Waals surface area contributed by atoms with Crippen molar-refractivity contribution in [2.45, 2.75) is 76.9 Å². The van der Waals surface area contributed by atoms with Gasteiger partial charge in [0.25, 0.3) is 0 Å². The third-order valence-electron chi connectivity index (χ3n) is 3.53. The summed E-state index contributed by atoms with van der Waals surface area (Å²) >= 11 is 0. The van der Waals surface area contributed by atoms with Gasteiger partial charge in [0, 0.05) is 6.54 Å². The molecule has 15 heavy (non-hydrogen) atoms. The summed E-state index contributed by atoms with van der Waals surface area (Å²) in [6.07, 6.45) is 10.3. The third kappa shape index (κ3) is 4.12. The van der Waals surface area contributed by atoms with E-state index in [-0.39, 0.29) is 5.60 Å². The summed E-state index contributed by atoms with van der Waals surface area (Å²) in [6.45, 7) is 5.09. The molecule has 1 fully saturated rings. The van der Waals surface area contributed by atoms with Gasteiger partial charge in [0.15, 0.2) is 0 Å². The van der Waals surface area contributed by atoms with Crippen molar-refractivity contribution in [2.75, 3.05) is 6.54 Å². The maximum Gasteiger partial charge on any atom is 0.0807 e. The molecule has 0 saturated heterocycles. The van der Waals surface area contributed by atoms with E-state index in [2.05, 4.69) is 13.8 Å². The summed E-state index contributed by atoms with van der Waals surface area (Å²) in [5, 5.41) is 0. The average molecular weight is 213 g/mol. The van der Waals surface area contributed by atoms with E-state index in [1.54, 1.807) is 0 Å². The lowest BCUT2D eigenvalue weighted by molar-refractivity contribution is -0.0924. The van der Waals surface area contributed by atoms with Gasteiger partial charge >= 0.3 is 0 Å². The van der Waals surface area contributed by atoms with Gasteiger partial charge in [0.1, 0.15) is 0 Å². The first-order valence-corrected chi connectivity index (χ1v) is 6.60. The van der Waals surface area contributed by atoms with Crippen LogP contribution in [0.25, 0.3) is 0 Å². The van der Waals surface area contributed by atoms with Crippen LogP contribution in [-0.4, -0.2) is 18.2 Å². The molecule has 0 bridgehead atoms. The second kappa shape index (κ2) is 6.49. The summed E-state index contributed by atoms with van der Waals surface area (Å²) in [5.74, 6) is 0. The van der Waals surface area contributed by atoms with Crippen LogP contribution in [-0.2, 0) is 4.74 Å². The van der Waals surface area contributed by atoms with E-state index in [1.165, 1.54) is 32.1 Å². The van der Waals surface area contributed by atoms with Gasteiger partial charge in [-0.2, -0.15) is 0 Å². The fraction of sp³-hybridized carbons (Fsp3) is 1.00. The smallest absolute Gasteiger partial charge is 0.0807 e. The van der Waals surface area contributed by atoms with E-state index < -0.39 is 0 Å². The van der Waals surface area contributed by atoms with Gasteiger partial charge in [0.2, 0.25) is 0 Å². The molecular formula is C13H27NO. The lowest BCUT2D eigenvalue weighted by atomic mass is 9.94.